The van der Waals surface area contributed by atoms with Crippen LogP contribution >= 0.6 is 0 Å². The van der Waals surface area contributed by atoms with Gasteiger partial charge >= 0.3 is 0 Å². The lowest BCUT2D eigenvalue weighted by molar-refractivity contribution is -0.145. The maximum Gasteiger partial charge on any atom is 0.166 e. The van der Waals surface area contributed by atoms with Gasteiger partial charge in [0.2, 0.25) is 0 Å². The maximum absolute atomic E-state index is 10.2. The van der Waals surface area contributed by atoms with Crippen molar-refractivity contribution in [1.29, 1.82) is 0 Å². The summed E-state index contributed by atoms with van der Waals surface area (Å²) in [5, 5.41) is 0. The zero-order valence-electron chi connectivity index (χ0n) is 9.62. The van der Waals surface area contributed by atoms with Crippen LogP contribution in [0.4, 0.5) is 0 Å². The largest absolute Gasteiger partial charge is 0.348 e. The second-order valence-corrected chi connectivity index (χ2v) is 4.13. The molecule has 0 amide bonds. The van der Waals surface area contributed by atoms with Crippen LogP contribution in [0.3, 0.4) is 0 Å². The Kier molecular flexibility index (Phi) is 4.99. The molecule has 15 heavy (non-hydrogen) atoms. The van der Waals surface area contributed by atoms with Gasteiger partial charge in [-0.25, -0.2) is 0 Å². The topological polar surface area (TPSA) is 35.5 Å². The molecule has 0 aromatic rings. The molecule has 1 heterocycles. The normalized spacial score (nSPS) is 20.5. The maximum atomic E-state index is 10.2. The van der Waals surface area contributed by atoms with E-state index in [0.29, 0.717) is 19.6 Å². The van der Waals surface area contributed by atoms with Gasteiger partial charge in [0.05, 0.1) is 13.2 Å². The van der Waals surface area contributed by atoms with Crippen molar-refractivity contribution in [3.63, 3.8) is 0 Å². The van der Waals surface area contributed by atoms with E-state index < -0.39 is 0 Å². The van der Waals surface area contributed by atoms with Gasteiger partial charge in [0, 0.05) is 12.8 Å². The Bertz CT molecular complexity index is 227. The van der Waals surface area contributed by atoms with Crippen LogP contribution in [0.15, 0.2) is 11.6 Å². The molecule has 1 saturated heterocycles. The summed E-state index contributed by atoms with van der Waals surface area (Å²) < 4.78 is 11.0. The van der Waals surface area contributed by atoms with Gasteiger partial charge in [0.25, 0.3) is 0 Å². The second kappa shape index (κ2) is 6.03. The first-order valence-corrected chi connectivity index (χ1v) is 5.53. The molecule has 0 saturated carbocycles. The predicted molar refractivity (Wildman–Crippen MR) is 58.6 cm³/mol. The Balaban J connectivity index is 2.21. The van der Waals surface area contributed by atoms with E-state index in [9.17, 15) is 4.79 Å². The van der Waals surface area contributed by atoms with Gasteiger partial charge in [-0.2, -0.15) is 0 Å². The van der Waals surface area contributed by atoms with Crippen LogP contribution in [0.5, 0.6) is 0 Å². The van der Waals surface area contributed by atoms with E-state index in [1.54, 1.807) is 0 Å². The van der Waals surface area contributed by atoms with Crippen LogP contribution in [0.1, 0.15) is 39.5 Å². The van der Waals surface area contributed by atoms with Gasteiger partial charge in [0.1, 0.15) is 6.29 Å². The zero-order valence-corrected chi connectivity index (χ0v) is 9.62. The van der Waals surface area contributed by atoms with Crippen LogP contribution < -0.4 is 0 Å². The van der Waals surface area contributed by atoms with Crippen molar-refractivity contribution < 1.29 is 14.3 Å². The summed E-state index contributed by atoms with van der Waals surface area (Å²) in [4.78, 5) is 10.2. The number of carbonyl (C=O) groups is 1. The van der Waals surface area contributed by atoms with Crippen molar-refractivity contribution in [2.45, 2.75) is 45.3 Å². The Morgan fingerprint density at radius 2 is 2.00 bits per heavy atom. The van der Waals surface area contributed by atoms with Gasteiger partial charge in [0.15, 0.2) is 5.79 Å². The molecule has 0 atom stereocenters. The van der Waals surface area contributed by atoms with E-state index >= 15 is 0 Å². The first kappa shape index (κ1) is 12.4. The van der Waals surface area contributed by atoms with Crippen LogP contribution in [0.2, 0.25) is 0 Å². The smallest absolute Gasteiger partial charge is 0.166 e. The third-order valence-electron chi connectivity index (χ3n) is 2.65. The van der Waals surface area contributed by atoms with Gasteiger partial charge in [-0.15, -0.1) is 0 Å². The average molecular weight is 212 g/mol. The number of hydrogen-bond donors (Lipinski definition) is 0. The summed E-state index contributed by atoms with van der Waals surface area (Å²) in [6.07, 6.45) is 6.43. The SMILES string of the molecule is C/C(=C\CCC1(C)OCCO1)CCC=O. The molecule has 0 radical (unpaired) electrons. The predicted octanol–water partition coefficient (Wildman–Crippen LogP) is 2.46. The first-order chi connectivity index (χ1) is 7.16. The van der Waals surface area contributed by atoms with Crippen LogP contribution in [-0.4, -0.2) is 25.3 Å². The molecule has 0 bridgehead atoms. The molecule has 0 unspecified atom stereocenters. The summed E-state index contributed by atoms with van der Waals surface area (Å²) in [5.74, 6) is -0.387. The minimum absolute atomic E-state index is 0.387. The van der Waals surface area contributed by atoms with Crippen molar-refractivity contribution in [3.05, 3.63) is 11.6 Å². The van der Waals surface area contributed by atoms with E-state index in [1.807, 2.05) is 6.92 Å². The zero-order chi connectivity index (χ0) is 11.1. The molecule has 0 aromatic carbocycles. The number of allylic oxidation sites excluding steroid dienone is 2. The third-order valence-corrected chi connectivity index (χ3v) is 2.65. The highest BCUT2D eigenvalue weighted by Gasteiger charge is 2.29. The number of ether oxygens (including phenoxy) is 2. The Labute approximate surface area is 91.4 Å². The minimum atomic E-state index is -0.387. The highest BCUT2D eigenvalue weighted by molar-refractivity contribution is 5.49. The number of aldehydes is 1. The summed E-state index contributed by atoms with van der Waals surface area (Å²) >= 11 is 0. The number of rotatable bonds is 6. The lowest BCUT2D eigenvalue weighted by Gasteiger charge is -2.21. The molecule has 0 aliphatic carbocycles. The molecule has 1 fully saturated rings. The molecular weight excluding hydrogens is 192 g/mol. The van der Waals surface area contributed by atoms with Crippen LogP contribution in [0.25, 0.3) is 0 Å². The van der Waals surface area contributed by atoms with Gasteiger partial charge < -0.3 is 14.3 Å². The first-order valence-electron chi connectivity index (χ1n) is 5.53. The fourth-order valence-electron chi connectivity index (χ4n) is 1.67. The highest BCUT2D eigenvalue weighted by atomic mass is 16.7. The van der Waals surface area contributed by atoms with Crippen LogP contribution in [0, 0.1) is 0 Å². The Morgan fingerprint density at radius 3 is 2.60 bits per heavy atom. The van der Waals surface area contributed by atoms with Crippen molar-refractivity contribution in [3.8, 4) is 0 Å². The Morgan fingerprint density at radius 1 is 1.33 bits per heavy atom. The van der Waals surface area contributed by atoms with Crippen molar-refractivity contribution in [2.24, 2.45) is 0 Å². The monoisotopic (exact) mass is 212 g/mol. The molecule has 86 valence electrons. The fraction of sp³-hybridized carbons (Fsp3) is 0.750. The molecule has 1 aliphatic heterocycles. The molecule has 1 aliphatic rings. The average Bonchev–Trinajstić information content (AvgIpc) is 2.62. The molecule has 0 aromatic heterocycles. The number of hydrogen-bond acceptors (Lipinski definition) is 3. The van der Waals surface area contributed by atoms with Gasteiger partial charge in [-0.05, 0) is 26.7 Å². The molecule has 0 spiro atoms. The summed E-state index contributed by atoms with van der Waals surface area (Å²) in [7, 11) is 0. The molecular formula is C12H20O3. The van der Waals surface area contributed by atoms with E-state index in [2.05, 4.69) is 13.0 Å². The number of carbonyl (C=O) groups excluding carboxylic acids is 1. The molecule has 0 N–H and O–H groups in total. The van der Waals surface area contributed by atoms with E-state index in [1.165, 1.54) is 5.57 Å². The summed E-state index contributed by atoms with van der Waals surface area (Å²) in [6.45, 7) is 5.44. The van der Waals surface area contributed by atoms with Gasteiger partial charge in [-0.3, -0.25) is 0 Å². The quantitative estimate of drug-likeness (QED) is 0.501. The summed E-state index contributed by atoms with van der Waals surface area (Å²) in [6, 6.07) is 0. The molecule has 3 heteroatoms. The van der Waals surface area contributed by atoms with E-state index in [-0.39, 0.29) is 5.79 Å². The highest BCUT2D eigenvalue weighted by Crippen LogP contribution is 2.24. The van der Waals surface area contributed by atoms with E-state index in [4.69, 9.17) is 9.47 Å². The standard InChI is InChI=1S/C12H20O3/c1-11(6-4-8-13)5-3-7-12(2)14-9-10-15-12/h5,8H,3-4,6-7,9-10H2,1-2H3/b11-5+. The van der Waals surface area contributed by atoms with Crippen molar-refractivity contribution in [2.75, 3.05) is 13.2 Å². The summed E-state index contributed by atoms with van der Waals surface area (Å²) in [5.41, 5.74) is 1.27. The lowest BCUT2D eigenvalue weighted by atomic mass is 10.1. The third kappa shape index (κ3) is 4.58. The van der Waals surface area contributed by atoms with Gasteiger partial charge in [-0.1, -0.05) is 11.6 Å². The molecule has 1 rings (SSSR count). The second-order valence-electron chi connectivity index (χ2n) is 4.13. The fourth-order valence-corrected chi connectivity index (χ4v) is 1.67. The lowest BCUT2D eigenvalue weighted by Crippen LogP contribution is -2.24. The Hall–Kier alpha value is -0.670. The van der Waals surface area contributed by atoms with Crippen molar-refractivity contribution >= 4 is 6.29 Å². The van der Waals surface area contributed by atoms with E-state index in [0.717, 1.165) is 25.5 Å². The molecule has 3 nitrogen and oxygen atoms in total. The van der Waals surface area contributed by atoms with Crippen molar-refractivity contribution in [1.82, 2.24) is 0 Å². The minimum Gasteiger partial charge on any atom is -0.348 e. The van der Waals surface area contributed by atoms with Crippen LogP contribution in [-0.2, 0) is 14.3 Å².